The van der Waals surface area contributed by atoms with E-state index in [-0.39, 0.29) is 13.2 Å². The van der Waals surface area contributed by atoms with Crippen molar-refractivity contribution >= 4 is 0 Å². The highest BCUT2D eigenvalue weighted by Crippen LogP contribution is 2.37. The molecule has 0 saturated carbocycles. The third-order valence-electron chi connectivity index (χ3n) is 2.88. The number of nitrogens with one attached hydrogen (secondary N) is 1. The van der Waals surface area contributed by atoms with Gasteiger partial charge in [0.05, 0.1) is 24.4 Å². The molecule has 5 heteroatoms. The smallest absolute Gasteiger partial charge is 0.231 e. The Labute approximate surface area is 104 Å². The lowest BCUT2D eigenvalue weighted by Crippen LogP contribution is -1.92. The molecule has 90 valence electrons. The van der Waals surface area contributed by atoms with E-state index in [1.807, 2.05) is 19.1 Å². The molecule has 0 saturated heterocycles. The second-order valence-corrected chi connectivity index (χ2v) is 4.10. The highest BCUT2D eigenvalue weighted by Gasteiger charge is 2.17. The fraction of sp³-hybridized carbons (Fsp3) is 0.231. The molecule has 0 unspecified atom stereocenters. The Morgan fingerprint density at radius 2 is 2.17 bits per heavy atom. The minimum Gasteiger partial charge on any atom is -0.454 e. The van der Waals surface area contributed by atoms with Gasteiger partial charge in [0, 0.05) is 5.56 Å². The number of nitrogens with zero attached hydrogens (tertiary/aromatic N) is 2. The Balaban J connectivity index is 2.03. The van der Waals surface area contributed by atoms with Crippen LogP contribution in [0.2, 0.25) is 0 Å². The van der Waals surface area contributed by atoms with E-state index in [9.17, 15) is 0 Å². The molecule has 5 nitrogen and oxygen atoms in total. The fourth-order valence-electron chi connectivity index (χ4n) is 2.00. The lowest BCUT2D eigenvalue weighted by Gasteiger charge is -2.05. The van der Waals surface area contributed by atoms with Gasteiger partial charge < -0.3 is 14.5 Å². The van der Waals surface area contributed by atoms with Gasteiger partial charge in [-0.25, -0.2) is 4.98 Å². The van der Waals surface area contributed by atoms with Gasteiger partial charge in [0.25, 0.3) is 0 Å². The van der Waals surface area contributed by atoms with E-state index < -0.39 is 0 Å². The van der Waals surface area contributed by atoms with Gasteiger partial charge in [-0.05, 0) is 24.6 Å². The summed E-state index contributed by atoms with van der Waals surface area (Å²) in [6.07, 6.45) is 2.01. The van der Waals surface area contributed by atoms with Crippen molar-refractivity contribution < 1.29 is 9.47 Å². The van der Waals surface area contributed by atoms with Gasteiger partial charge in [-0.3, -0.25) is 0 Å². The molecule has 0 amide bonds. The molecule has 1 aromatic heterocycles. The molecular weight excluding hydrogens is 230 g/mol. The van der Waals surface area contributed by atoms with Crippen molar-refractivity contribution in [1.29, 1.82) is 5.26 Å². The molecule has 18 heavy (non-hydrogen) atoms. The van der Waals surface area contributed by atoms with Crippen molar-refractivity contribution in [3.63, 3.8) is 0 Å². The Hall–Kier alpha value is -2.48. The third-order valence-corrected chi connectivity index (χ3v) is 2.88. The van der Waals surface area contributed by atoms with E-state index in [1.54, 1.807) is 6.20 Å². The van der Waals surface area contributed by atoms with Crippen LogP contribution in [0, 0.1) is 18.3 Å². The Kier molecular flexibility index (Phi) is 2.41. The molecule has 2 heterocycles. The van der Waals surface area contributed by atoms with Gasteiger partial charge in [0.2, 0.25) is 6.79 Å². The van der Waals surface area contributed by atoms with Gasteiger partial charge in [-0.15, -0.1) is 0 Å². The first-order chi connectivity index (χ1) is 8.78. The standard InChI is InChI=1S/C13H11N3O2/c1-8-4-11-12(18-7-17-11)5-9(8)10-6-15-13(16-10)2-3-14/h4-6H,2,7H2,1H3,(H,15,16). The molecule has 0 fully saturated rings. The predicted octanol–water partition coefficient (Wildman–Crippen LogP) is 2.18. The zero-order valence-corrected chi connectivity index (χ0v) is 9.86. The van der Waals surface area contributed by atoms with E-state index in [1.165, 1.54) is 0 Å². The van der Waals surface area contributed by atoms with Crippen LogP contribution in [0.25, 0.3) is 11.3 Å². The van der Waals surface area contributed by atoms with Crippen molar-refractivity contribution in [3.05, 3.63) is 29.7 Å². The quantitative estimate of drug-likeness (QED) is 0.874. The third kappa shape index (κ3) is 1.68. The number of aromatic nitrogens is 2. The fourth-order valence-corrected chi connectivity index (χ4v) is 2.00. The summed E-state index contributed by atoms with van der Waals surface area (Å²) >= 11 is 0. The Morgan fingerprint density at radius 3 is 2.94 bits per heavy atom. The maximum absolute atomic E-state index is 8.63. The molecule has 0 radical (unpaired) electrons. The Morgan fingerprint density at radius 1 is 1.39 bits per heavy atom. The topological polar surface area (TPSA) is 70.9 Å². The summed E-state index contributed by atoms with van der Waals surface area (Å²) in [5, 5.41) is 8.63. The number of ether oxygens (including phenoxy) is 2. The molecule has 0 spiro atoms. The molecule has 2 aromatic rings. The average molecular weight is 241 g/mol. The first kappa shape index (κ1) is 10.7. The van der Waals surface area contributed by atoms with Crippen LogP contribution in [-0.4, -0.2) is 16.8 Å². The Bertz CT molecular complexity index is 640. The number of H-pyrrole nitrogens is 1. The van der Waals surface area contributed by atoms with Crippen LogP contribution in [0.3, 0.4) is 0 Å². The van der Waals surface area contributed by atoms with Gasteiger partial charge in [0.1, 0.15) is 5.82 Å². The van der Waals surface area contributed by atoms with Gasteiger partial charge in [-0.1, -0.05) is 0 Å². The van der Waals surface area contributed by atoms with Crippen molar-refractivity contribution in [2.75, 3.05) is 6.79 Å². The number of hydrogen-bond acceptors (Lipinski definition) is 4. The first-order valence-electron chi connectivity index (χ1n) is 5.59. The summed E-state index contributed by atoms with van der Waals surface area (Å²) in [4.78, 5) is 7.30. The number of aromatic amines is 1. The second kappa shape index (κ2) is 4.08. The lowest BCUT2D eigenvalue weighted by atomic mass is 10.1. The number of hydrogen-bond donors (Lipinski definition) is 1. The maximum atomic E-state index is 8.63. The van der Waals surface area contributed by atoms with Crippen molar-refractivity contribution in [2.24, 2.45) is 0 Å². The SMILES string of the molecule is Cc1cc2c(cc1-c1cnc(CC#N)[nH]1)OCO2. The van der Waals surface area contributed by atoms with Crippen LogP contribution < -0.4 is 9.47 Å². The van der Waals surface area contributed by atoms with E-state index in [0.717, 1.165) is 28.3 Å². The molecule has 0 atom stereocenters. The van der Waals surface area contributed by atoms with Gasteiger partial charge in [0.15, 0.2) is 11.5 Å². The average Bonchev–Trinajstić information content (AvgIpc) is 2.96. The van der Waals surface area contributed by atoms with Crippen molar-refractivity contribution in [2.45, 2.75) is 13.3 Å². The van der Waals surface area contributed by atoms with Gasteiger partial charge in [-0.2, -0.15) is 5.26 Å². The molecule has 1 N–H and O–H groups in total. The van der Waals surface area contributed by atoms with Crippen LogP contribution in [0.5, 0.6) is 11.5 Å². The monoisotopic (exact) mass is 241 g/mol. The lowest BCUT2D eigenvalue weighted by molar-refractivity contribution is 0.174. The van der Waals surface area contributed by atoms with Crippen LogP contribution in [0.1, 0.15) is 11.4 Å². The molecular formula is C13H11N3O2. The minimum absolute atomic E-state index is 0.265. The summed E-state index contributed by atoms with van der Waals surface area (Å²) < 4.78 is 10.7. The predicted molar refractivity (Wildman–Crippen MR) is 64.2 cm³/mol. The zero-order valence-electron chi connectivity index (χ0n) is 9.86. The summed E-state index contributed by atoms with van der Waals surface area (Å²) in [6.45, 7) is 2.27. The number of fused-ring (bicyclic) bond motifs is 1. The maximum Gasteiger partial charge on any atom is 0.231 e. The molecule has 1 aromatic carbocycles. The number of benzene rings is 1. The summed E-state index contributed by atoms with van der Waals surface area (Å²) in [5.41, 5.74) is 2.97. The normalized spacial score (nSPS) is 12.4. The molecule has 0 aliphatic carbocycles. The van der Waals surface area contributed by atoms with Gasteiger partial charge >= 0.3 is 0 Å². The number of aryl methyl sites for hydroxylation is 1. The van der Waals surface area contributed by atoms with Crippen molar-refractivity contribution in [1.82, 2.24) is 9.97 Å². The number of imidazole rings is 1. The van der Waals surface area contributed by atoms with E-state index in [2.05, 4.69) is 16.0 Å². The van der Waals surface area contributed by atoms with Crippen LogP contribution in [0.4, 0.5) is 0 Å². The summed E-state index contributed by atoms with van der Waals surface area (Å²) in [5.74, 6) is 2.18. The highest BCUT2D eigenvalue weighted by atomic mass is 16.7. The summed E-state index contributed by atoms with van der Waals surface area (Å²) in [6, 6.07) is 5.95. The summed E-state index contributed by atoms with van der Waals surface area (Å²) in [7, 11) is 0. The van der Waals surface area contributed by atoms with E-state index >= 15 is 0 Å². The molecule has 3 rings (SSSR count). The second-order valence-electron chi connectivity index (χ2n) is 4.10. The minimum atomic E-state index is 0.265. The highest BCUT2D eigenvalue weighted by molar-refractivity contribution is 5.68. The largest absolute Gasteiger partial charge is 0.454 e. The van der Waals surface area contributed by atoms with E-state index in [4.69, 9.17) is 14.7 Å². The van der Waals surface area contributed by atoms with E-state index in [0.29, 0.717) is 5.82 Å². The number of rotatable bonds is 2. The number of nitriles is 1. The zero-order chi connectivity index (χ0) is 12.5. The van der Waals surface area contributed by atoms with Crippen molar-refractivity contribution in [3.8, 4) is 28.8 Å². The molecule has 0 bridgehead atoms. The molecule has 1 aliphatic rings. The molecule has 1 aliphatic heterocycles. The van der Waals surface area contributed by atoms with Crippen LogP contribution in [0.15, 0.2) is 18.3 Å². The first-order valence-corrected chi connectivity index (χ1v) is 5.59. The van der Waals surface area contributed by atoms with Crippen LogP contribution >= 0.6 is 0 Å². The van der Waals surface area contributed by atoms with Crippen LogP contribution in [-0.2, 0) is 6.42 Å².